The molecule has 1 heterocycles. The number of hydrogen-bond acceptors (Lipinski definition) is 3. The molecule has 1 rings (SSSR count). The van der Waals surface area contributed by atoms with Crippen LogP contribution in [0.5, 0.6) is 0 Å². The van der Waals surface area contributed by atoms with Crippen LogP contribution in [0, 0.1) is 5.92 Å². The van der Waals surface area contributed by atoms with Gasteiger partial charge < -0.3 is 14.7 Å². The summed E-state index contributed by atoms with van der Waals surface area (Å²) in [6, 6.07) is 0. The molecular formula is C13H22FNO4. The van der Waals surface area contributed by atoms with Gasteiger partial charge in [0, 0.05) is 19.0 Å². The molecule has 2 atom stereocenters. The molecule has 0 aliphatic carbocycles. The Morgan fingerprint density at radius 3 is 2.42 bits per heavy atom. The highest BCUT2D eigenvalue weighted by Gasteiger charge is 2.42. The molecule has 2 unspecified atom stereocenters. The van der Waals surface area contributed by atoms with Gasteiger partial charge in [0.1, 0.15) is 11.3 Å². The van der Waals surface area contributed by atoms with Crippen molar-refractivity contribution in [3.63, 3.8) is 0 Å². The van der Waals surface area contributed by atoms with E-state index >= 15 is 0 Å². The molecule has 0 aromatic heterocycles. The number of amides is 1. The van der Waals surface area contributed by atoms with Crippen LogP contribution in [0.15, 0.2) is 0 Å². The molecule has 1 aliphatic heterocycles. The molecule has 1 N–H and O–H groups in total. The zero-order valence-electron chi connectivity index (χ0n) is 11.9. The van der Waals surface area contributed by atoms with Crippen molar-refractivity contribution >= 4 is 12.1 Å². The number of ether oxygens (including phenoxy) is 1. The smallest absolute Gasteiger partial charge is 0.410 e. The summed E-state index contributed by atoms with van der Waals surface area (Å²) in [6.07, 6.45) is -0.555. The van der Waals surface area contributed by atoms with Gasteiger partial charge >= 0.3 is 12.1 Å². The molecule has 1 saturated heterocycles. The predicted octanol–water partition coefficient (Wildman–Crippen LogP) is 2.45. The highest BCUT2D eigenvalue weighted by atomic mass is 19.1. The summed E-state index contributed by atoms with van der Waals surface area (Å²) in [5, 5.41) is 8.69. The van der Waals surface area contributed by atoms with Crippen LogP contribution in [0.25, 0.3) is 0 Å². The molecule has 0 aromatic carbocycles. The minimum absolute atomic E-state index is 0.204. The first-order valence-corrected chi connectivity index (χ1v) is 6.40. The van der Waals surface area contributed by atoms with Crippen molar-refractivity contribution in [1.82, 2.24) is 4.90 Å². The third-order valence-corrected chi connectivity index (χ3v) is 3.19. The van der Waals surface area contributed by atoms with Crippen LogP contribution in [0.1, 0.15) is 40.5 Å². The number of halogens is 1. The minimum atomic E-state index is -1.80. The predicted molar refractivity (Wildman–Crippen MR) is 67.7 cm³/mol. The van der Waals surface area contributed by atoms with E-state index in [0.29, 0.717) is 13.0 Å². The number of likely N-dealkylation sites (tertiary alicyclic amines) is 1. The van der Waals surface area contributed by atoms with Gasteiger partial charge in [-0.3, -0.25) is 4.79 Å². The van der Waals surface area contributed by atoms with Crippen LogP contribution < -0.4 is 0 Å². The summed E-state index contributed by atoms with van der Waals surface area (Å²) in [6.45, 7) is 7.19. The molecule has 1 fully saturated rings. The van der Waals surface area contributed by atoms with Crippen LogP contribution in [0.2, 0.25) is 0 Å². The molecule has 5 nitrogen and oxygen atoms in total. The Kier molecular flexibility index (Phi) is 4.43. The van der Waals surface area contributed by atoms with Crippen molar-refractivity contribution in [2.24, 2.45) is 5.92 Å². The van der Waals surface area contributed by atoms with E-state index in [4.69, 9.17) is 9.84 Å². The van der Waals surface area contributed by atoms with Gasteiger partial charge in [-0.25, -0.2) is 9.18 Å². The molecule has 0 bridgehead atoms. The summed E-state index contributed by atoms with van der Waals surface area (Å²) < 4.78 is 19.5. The Hall–Kier alpha value is -1.33. The summed E-state index contributed by atoms with van der Waals surface area (Å²) in [5.41, 5.74) is -2.39. The standard InChI is InChI=1S/C13H22FNO4/c1-12(2,3)19-11(18)15-6-5-9(8-15)13(4,14)7-10(16)17/h9H,5-8H2,1-4H3,(H,16,17). The second kappa shape index (κ2) is 5.35. The van der Waals surface area contributed by atoms with E-state index in [2.05, 4.69) is 0 Å². The second-order valence-corrected chi connectivity index (χ2v) is 6.26. The molecule has 110 valence electrons. The first-order valence-electron chi connectivity index (χ1n) is 6.40. The average molecular weight is 275 g/mol. The van der Waals surface area contributed by atoms with Crippen LogP contribution in [0.3, 0.4) is 0 Å². The molecule has 0 aromatic rings. The van der Waals surface area contributed by atoms with Gasteiger partial charge in [0.05, 0.1) is 6.42 Å². The summed E-state index contributed by atoms with van der Waals surface area (Å²) >= 11 is 0. The number of alkyl halides is 1. The number of nitrogens with zero attached hydrogens (tertiary/aromatic N) is 1. The zero-order chi connectivity index (χ0) is 14.8. The average Bonchev–Trinajstić information content (AvgIpc) is 2.61. The van der Waals surface area contributed by atoms with Gasteiger partial charge in [0.2, 0.25) is 0 Å². The van der Waals surface area contributed by atoms with E-state index in [1.54, 1.807) is 20.8 Å². The lowest BCUT2D eigenvalue weighted by Gasteiger charge is -2.27. The Morgan fingerprint density at radius 2 is 1.95 bits per heavy atom. The van der Waals surface area contributed by atoms with Gasteiger partial charge in [0.25, 0.3) is 0 Å². The fraction of sp³-hybridized carbons (Fsp3) is 0.846. The van der Waals surface area contributed by atoms with E-state index in [1.807, 2.05) is 0 Å². The Bertz CT molecular complexity index is 362. The molecule has 1 amide bonds. The molecule has 19 heavy (non-hydrogen) atoms. The highest BCUT2D eigenvalue weighted by molar-refractivity contribution is 5.69. The lowest BCUT2D eigenvalue weighted by atomic mass is 9.87. The largest absolute Gasteiger partial charge is 0.481 e. The van der Waals surface area contributed by atoms with Gasteiger partial charge in [-0.1, -0.05) is 0 Å². The lowest BCUT2D eigenvalue weighted by molar-refractivity contribution is -0.140. The van der Waals surface area contributed by atoms with E-state index in [-0.39, 0.29) is 6.54 Å². The summed E-state index contributed by atoms with van der Waals surface area (Å²) in [5.74, 6) is -1.63. The number of carbonyl (C=O) groups excluding carboxylic acids is 1. The maximum absolute atomic E-state index is 14.3. The Balaban J connectivity index is 2.58. The number of carboxylic acid groups (broad SMARTS) is 1. The third-order valence-electron chi connectivity index (χ3n) is 3.19. The van der Waals surface area contributed by atoms with Crippen molar-refractivity contribution < 1.29 is 23.8 Å². The molecule has 0 spiro atoms. The van der Waals surface area contributed by atoms with Crippen molar-refractivity contribution in [2.75, 3.05) is 13.1 Å². The number of rotatable bonds is 3. The Labute approximate surface area is 112 Å². The van der Waals surface area contributed by atoms with Crippen LogP contribution in [-0.4, -0.2) is 46.4 Å². The highest BCUT2D eigenvalue weighted by Crippen LogP contribution is 2.34. The molecular weight excluding hydrogens is 253 g/mol. The fourth-order valence-electron chi connectivity index (χ4n) is 2.18. The van der Waals surface area contributed by atoms with Gasteiger partial charge in [-0.2, -0.15) is 0 Å². The van der Waals surface area contributed by atoms with Crippen molar-refractivity contribution in [1.29, 1.82) is 0 Å². The number of hydrogen-bond donors (Lipinski definition) is 1. The van der Waals surface area contributed by atoms with E-state index in [0.717, 1.165) is 0 Å². The topological polar surface area (TPSA) is 66.8 Å². The lowest BCUT2D eigenvalue weighted by Crippen LogP contribution is -2.38. The summed E-state index contributed by atoms with van der Waals surface area (Å²) in [4.78, 5) is 23.9. The van der Waals surface area contributed by atoms with E-state index in [1.165, 1.54) is 11.8 Å². The van der Waals surface area contributed by atoms with Crippen molar-refractivity contribution in [3.8, 4) is 0 Å². The normalized spacial score (nSPS) is 23.0. The second-order valence-electron chi connectivity index (χ2n) is 6.26. The third kappa shape index (κ3) is 4.69. The van der Waals surface area contributed by atoms with E-state index < -0.39 is 35.7 Å². The maximum Gasteiger partial charge on any atom is 0.410 e. The monoisotopic (exact) mass is 275 g/mol. The maximum atomic E-state index is 14.3. The summed E-state index contributed by atoms with van der Waals surface area (Å²) in [7, 11) is 0. The quantitative estimate of drug-likeness (QED) is 0.859. The molecule has 0 saturated carbocycles. The molecule has 6 heteroatoms. The molecule has 0 radical (unpaired) electrons. The van der Waals surface area contributed by atoms with Crippen LogP contribution in [-0.2, 0) is 9.53 Å². The van der Waals surface area contributed by atoms with E-state index in [9.17, 15) is 14.0 Å². The first-order chi connectivity index (χ1) is 8.51. The van der Waals surface area contributed by atoms with Gasteiger partial charge in [0.15, 0.2) is 0 Å². The van der Waals surface area contributed by atoms with Crippen LogP contribution >= 0.6 is 0 Å². The van der Waals surface area contributed by atoms with Crippen LogP contribution in [0.4, 0.5) is 9.18 Å². The van der Waals surface area contributed by atoms with Crippen molar-refractivity contribution in [3.05, 3.63) is 0 Å². The minimum Gasteiger partial charge on any atom is -0.481 e. The first kappa shape index (κ1) is 15.7. The van der Waals surface area contributed by atoms with Gasteiger partial charge in [-0.05, 0) is 34.1 Å². The number of aliphatic carboxylic acids is 1. The van der Waals surface area contributed by atoms with Crippen molar-refractivity contribution in [2.45, 2.75) is 51.8 Å². The number of carboxylic acids is 1. The molecule has 1 aliphatic rings. The SMILES string of the molecule is CC(C)(C)OC(=O)N1CCC(C(C)(F)CC(=O)O)C1. The van der Waals surface area contributed by atoms with Gasteiger partial charge in [-0.15, -0.1) is 0 Å². The number of carbonyl (C=O) groups is 2. The Morgan fingerprint density at radius 1 is 1.37 bits per heavy atom. The zero-order valence-corrected chi connectivity index (χ0v) is 11.9. The fourth-order valence-corrected chi connectivity index (χ4v) is 2.18.